The standard InChI is InChI=1S/C16H26ClN3O/c1-11-16(17)14(19(2)18-11)10-20-9-4-3-7-13(20)12-6-5-8-15(12)21/h12-13,15,21H,3-10H2,1-2H3. The summed E-state index contributed by atoms with van der Waals surface area (Å²) in [5.74, 6) is 0.443. The highest BCUT2D eigenvalue weighted by molar-refractivity contribution is 6.31. The van der Waals surface area contributed by atoms with E-state index in [9.17, 15) is 5.11 Å². The van der Waals surface area contributed by atoms with Crippen LogP contribution in [0.15, 0.2) is 0 Å². The van der Waals surface area contributed by atoms with E-state index in [1.54, 1.807) is 0 Å². The Bertz CT molecular complexity index is 502. The zero-order chi connectivity index (χ0) is 15.0. The maximum absolute atomic E-state index is 10.3. The van der Waals surface area contributed by atoms with Crippen molar-refractivity contribution >= 4 is 11.6 Å². The summed E-state index contributed by atoms with van der Waals surface area (Å²) in [6.07, 6.45) is 6.93. The van der Waals surface area contributed by atoms with Crippen LogP contribution >= 0.6 is 11.6 Å². The Balaban J connectivity index is 1.78. The molecular weight excluding hydrogens is 286 g/mol. The number of aliphatic hydroxyl groups is 1. The summed E-state index contributed by atoms with van der Waals surface area (Å²) >= 11 is 6.41. The SMILES string of the molecule is Cc1nn(C)c(CN2CCCCC2C2CCCC2O)c1Cl. The van der Waals surface area contributed by atoms with Gasteiger partial charge in [0.2, 0.25) is 0 Å². The number of rotatable bonds is 3. The molecule has 4 nitrogen and oxygen atoms in total. The third-order valence-corrected chi connectivity index (χ3v) is 5.80. The van der Waals surface area contributed by atoms with Gasteiger partial charge in [-0.3, -0.25) is 9.58 Å². The number of aliphatic hydroxyl groups excluding tert-OH is 1. The molecule has 21 heavy (non-hydrogen) atoms. The van der Waals surface area contributed by atoms with Gasteiger partial charge in [0.25, 0.3) is 0 Å². The van der Waals surface area contributed by atoms with E-state index in [0.29, 0.717) is 12.0 Å². The van der Waals surface area contributed by atoms with E-state index in [4.69, 9.17) is 11.6 Å². The molecule has 3 rings (SSSR count). The predicted octanol–water partition coefficient (Wildman–Crippen LogP) is 2.90. The van der Waals surface area contributed by atoms with Crippen LogP contribution in [0, 0.1) is 12.8 Å². The van der Waals surface area contributed by atoms with Gasteiger partial charge < -0.3 is 5.11 Å². The topological polar surface area (TPSA) is 41.3 Å². The molecule has 1 N–H and O–H groups in total. The van der Waals surface area contributed by atoms with Crippen molar-refractivity contribution in [2.24, 2.45) is 13.0 Å². The number of nitrogens with zero attached hydrogens (tertiary/aromatic N) is 3. The number of aryl methyl sites for hydroxylation is 2. The highest BCUT2D eigenvalue weighted by Crippen LogP contribution is 2.36. The maximum atomic E-state index is 10.3. The molecule has 2 heterocycles. The first-order valence-corrected chi connectivity index (χ1v) is 8.56. The lowest BCUT2D eigenvalue weighted by molar-refractivity contribution is 0.0301. The smallest absolute Gasteiger partial charge is 0.0860 e. The average Bonchev–Trinajstić information content (AvgIpc) is 2.99. The van der Waals surface area contributed by atoms with E-state index in [2.05, 4.69) is 10.00 Å². The highest BCUT2D eigenvalue weighted by Gasteiger charge is 2.37. The Hall–Kier alpha value is -0.580. The molecule has 0 bridgehead atoms. The van der Waals surface area contributed by atoms with Gasteiger partial charge in [-0.15, -0.1) is 0 Å². The van der Waals surface area contributed by atoms with Crippen molar-refractivity contribution in [3.63, 3.8) is 0 Å². The second kappa shape index (κ2) is 6.27. The number of halogens is 1. The molecule has 2 fully saturated rings. The molecule has 1 saturated heterocycles. The van der Waals surface area contributed by atoms with Crippen molar-refractivity contribution in [2.45, 2.75) is 64.1 Å². The van der Waals surface area contributed by atoms with Gasteiger partial charge in [0.1, 0.15) is 0 Å². The van der Waals surface area contributed by atoms with Gasteiger partial charge in [-0.1, -0.05) is 24.4 Å². The van der Waals surface area contributed by atoms with Crippen molar-refractivity contribution in [1.29, 1.82) is 0 Å². The van der Waals surface area contributed by atoms with Crippen LogP contribution in [0.5, 0.6) is 0 Å². The lowest BCUT2D eigenvalue weighted by Crippen LogP contribution is -2.46. The van der Waals surface area contributed by atoms with Gasteiger partial charge >= 0.3 is 0 Å². The lowest BCUT2D eigenvalue weighted by Gasteiger charge is -2.40. The number of likely N-dealkylation sites (tertiary alicyclic amines) is 1. The van der Waals surface area contributed by atoms with Gasteiger partial charge in [-0.2, -0.15) is 5.10 Å². The minimum absolute atomic E-state index is 0.112. The Morgan fingerprint density at radius 2 is 2.05 bits per heavy atom. The third-order valence-electron chi connectivity index (χ3n) is 5.30. The maximum Gasteiger partial charge on any atom is 0.0860 e. The van der Waals surface area contributed by atoms with Crippen molar-refractivity contribution in [2.75, 3.05) is 6.54 Å². The summed E-state index contributed by atoms with van der Waals surface area (Å²) < 4.78 is 1.91. The van der Waals surface area contributed by atoms with Crippen molar-refractivity contribution < 1.29 is 5.11 Å². The summed E-state index contributed by atoms with van der Waals surface area (Å²) in [7, 11) is 1.97. The number of aromatic nitrogens is 2. The Morgan fingerprint density at radius 3 is 2.67 bits per heavy atom. The normalized spacial score (nSPS) is 31.0. The summed E-state index contributed by atoms with van der Waals surface area (Å²) in [6, 6.07) is 0.502. The van der Waals surface area contributed by atoms with Crippen LogP contribution in [0.3, 0.4) is 0 Å². The van der Waals surface area contributed by atoms with E-state index >= 15 is 0 Å². The molecule has 0 radical (unpaired) electrons. The molecule has 5 heteroatoms. The van der Waals surface area contributed by atoms with E-state index in [1.165, 1.54) is 32.1 Å². The van der Waals surface area contributed by atoms with Crippen LogP contribution in [-0.4, -0.2) is 38.5 Å². The zero-order valence-electron chi connectivity index (χ0n) is 13.1. The van der Waals surface area contributed by atoms with Gasteiger partial charge in [-0.05, 0) is 39.2 Å². The predicted molar refractivity (Wildman–Crippen MR) is 84.4 cm³/mol. The molecule has 1 saturated carbocycles. The zero-order valence-corrected chi connectivity index (χ0v) is 13.8. The van der Waals surface area contributed by atoms with Crippen molar-refractivity contribution in [1.82, 2.24) is 14.7 Å². The lowest BCUT2D eigenvalue weighted by atomic mass is 9.87. The first kappa shape index (κ1) is 15.3. The van der Waals surface area contributed by atoms with Crippen LogP contribution < -0.4 is 0 Å². The van der Waals surface area contributed by atoms with E-state index < -0.39 is 0 Å². The fourth-order valence-corrected chi connectivity index (χ4v) is 4.38. The molecule has 2 aliphatic rings. The Kier molecular flexibility index (Phi) is 4.57. The van der Waals surface area contributed by atoms with E-state index in [0.717, 1.165) is 35.9 Å². The number of hydrogen-bond acceptors (Lipinski definition) is 3. The van der Waals surface area contributed by atoms with Crippen LogP contribution in [0.4, 0.5) is 0 Å². The van der Waals surface area contributed by atoms with Crippen LogP contribution in [0.25, 0.3) is 0 Å². The minimum Gasteiger partial charge on any atom is -0.393 e. The van der Waals surface area contributed by atoms with Gasteiger partial charge in [-0.25, -0.2) is 0 Å². The van der Waals surface area contributed by atoms with Crippen molar-refractivity contribution in [3.05, 3.63) is 16.4 Å². The van der Waals surface area contributed by atoms with Crippen LogP contribution in [0.2, 0.25) is 5.02 Å². The van der Waals surface area contributed by atoms with Crippen molar-refractivity contribution in [3.8, 4) is 0 Å². The molecule has 1 aliphatic heterocycles. The fraction of sp³-hybridized carbons (Fsp3) is 0.812. The van der Waals surface area contributed by atoms with Gasteiger partial charge in [0, 0.05) is 25.6 Å². The monoisotopic (exact) mass is 311 g/mol. The third kappa shape index (κ3) is 2.99. The van der Waals surface area contributed by atoms with Gasteiger partial charge in [0.05, 0.1) is 22.5 Å². The second-order valence-electron chi connectivity index (χ2n) is 6.67. The molecular formula is C16H26ClN3O. The molecule has 0 aromatic carbocycles. The molecule has 3 unspecified atom stereocenters. The minimum atomic E-state index is -0.112. The fourth-order valence-electron chi connectivity index (χ4n) is 4.16. The molecule has 3 atom stereocenters. The summed E-state index contributed by atoms with van der Waals surface area (Å²) in [5.41, 5.74) is 2.01. The van der Waals surface area contributed by atoms with Gasteiger partial charge in [0.15, 0.2) is 0 Å². The average molecular weight is 312 g/mol. The largest absolute Gasteiger partial charge is 0.393 e. The molecule has 118 valence electrons. The molecule has 1 aliphatic carbocycles. The van der Waals surface area contributed by atoms with E-state index in [1.807, 2.05) is 18.7 Å². The Labute approximate surface area is 132 Å². The second-order valence-corrected chi connectivity index (χ2v) is 7.04. The summed E-state index contributed by atoms with van der Waals surface area (Å²) in [6.45, 7) is 3.92. The number of piperidine rings is 1. The summed E-state index contributed by atoms with van der Waals surface area (Å²) in [4.78, 5) is 2.53. The molecule has 1 aromatic heterocycles. The van der Waals surface area contributed by atoms with Crippen LogP contribution in [0.1, 0.15) is 49.9 Å². The molecule has 1 aromatic rings. The quantitative estimate of drug-likeness (QED) is 0.933. The number of hydrogen-bond donors (Lipinski definition) is 1. The first-order valence-electron chi connectivity index (χ1n) is 8.18. The highest BCUT2D eigenvalue weighted by atomic mass is 35.5. The van der Waals surface area contributed by atoms with Crippen LogP contribution in [-0.2, 0) is 13.6 Å². The molecule has 0 amide bonds. The summed E-state index contributed by atoms with van der Waals surface area (Å²) in [5, 5.41) is 15.5. The Morgan fingerprint density at radius 1 is 1.24 bits per heavy atom. The molecule has 0 spiro atoms. The van der Waals surface area contributed by atoms with E-state index in [-0.39, 0.29) is 6.10 Å². The first-order chi connectivity index (χ1) is 10.1.